The van der Waals surface area contributed by atoms with E-state index >= 15 is 0 Å². The fraction of sp³-hybridized carbons (Fsp3) is 0.522. The highest BCUT2D eigenvalue weighted by Gasteiger charge is 2.48. The Labute approximate surface area is 176 Å². The SMILES string of the molecule is C[C@H](N1CC[C@](CC(C)(C)O)(c2ccccc2)OC1=O)C1(C)C=CC(Br)=CC1. The van der Waals surface area contributed by atoms with Gasteiger partial charge in [0.05, 0.1) is 5.60 Å². The lowest BCUT2D eigenvalue weighted by Crippen LogP contribution is -2.56. The molecule has 1 heterocycles. The third-order valence-electron chi connectivity index (χ3n) is 6.07. The first-order valence-electron chi connectivity index (χ1n) is 9.87. The highest BCUT2D eigenvalue weighted by molar-refractivity contribution is 9.11. The Morgan fingerprint density at radius 1 is 1.32 bits per heavy atom. The van der Waals surface area contributed by atoms with Gasteiger partial charge >= 0.3 is 6.09 Å². The van der Waals surface area contributed by atoms with Gasteiger partial charge in [-0.05, 0) is 32.8 Å². The zero-order valence-electron chi connectivity index (χ0n) is 17.1. The van der Waals surface area contributed by atoms with Gasteiger partial charge in [-0.25, -0.2) is 4.79 Å². The number of cyclic esters (lactones) is 1. The zero-order valence-corrected chi connectivity index (χ0v) is 18.7. The number of halogens is 1. The van der Waals surface area contributed by atoms with Crippen molar-refractivity contribution in [3.8, 4) is 0 Å². The molecule has 1 aliphatic carbocycles. The number of hydrogen-bond donors (Lipinski definition) is 1. The van der Waals surface area contributed by atoms with E-state index in [0.717, 1.165) is 16.5 Å². The van der Waals surface area contributed by atoms with Crippen molar-refractivity contribution in [1.82, 2.24) is 4.90 Å². The van der Waals surface area contributed by atoms with Crippen LogP contribution in [0.5, 0.6) is 0 Å². The highest BCUT2D eigenvalue weighted by Crippen LogP contribution is 2.43. The number of hydrogen-bond acceptors (Lipinski definition) is 3. The van der Waals surface area contributed by atoms with Crippen LogP contribution in [-0.4, -0.2) is 34.3 Å². The van der Waals surface area contributed by atoms with Crippen LogP contribution in [0.15, 0.2) is 53.0 Å². The van der Waals surface area contributed by atoms with Crippen LogP contribution in [0.4, 0.5) is 4.79 Å². The molecule has 28 heavy (non-hydrogen) atoms. The maximum Gasteiger partial charge on any atom is 0.410 e. The van der Waals surface area contributed by atoms with Crippen molar-refractivity contribution in [2.45, 2.75) is 64.2 Å². The van der Waals surface area contributed by atoms with Gasteiger partial charge in [0.1, 0.15) is 5.60 Å². The third-order valence-corrected chi connectivity index (χ3v) is 6.66. The summed E-state index contributed by atoms with van der Waals surface area (Å²) in [6.07, 6.45) is 7.94. The summed E-state index contributed by atoms with van der Waals surface area (Å²) < 4.78 is 7.18. The maximum absolute atomic E-state index is 13.1. The van der Waals surface area contributed by atoms with E-state index in [4.69, 9.17) is 4.74 Å². The van der Waals surface area contributed by atoms with E-state index < -0.39 is 11.2 Å². The molecule has 0 saturated carbocycles. The van der Waals surface area contributed by atoms with Crippen molar-refractivity contribution in [2.75, 3.05) is 6.54 Å². The average molecular weight is 448 g/mol. The molecule has 3 atom stereocenters. The largest absolute Gasteiger partial charge is 0.438 e. The summed E-state index contributed by atoms with van der Waals surface area (Å²) in [5.74, 6) is 0. The predicted octanol–water partition coefficient (Wildman–Crippen LogP) is 5.52. The molecule has 3 rings (SSSR count). The van der Waals surface area contributed by atoms with Gasteiger partial charge in [0.15, 0.2) is 0 Å². The van der Waals surface area contributed by atoms with Crippen molar-refractivity contribution in [1.29, 1.82) is 0 Å². The normalized spacial score (nSPS) is 29.3. The maximum atomic E-state index is 13.1. The van der Waals surface area contributed by atoms with Crippen LogP contribution in [0, 0.1) is 5.41 Å². The van der Waals surface area contributed by atoms with Crippen molar-refractivity contribution >= 4 is 22.0 Å². The number of carbonyl (C=O) groups excluding carboxylic acids is 1. The number of aliphatic hydroxyl groups is 1. The molecule has 1 unspecified atom stereocenters. The molecule has 1 aromatic carbocycles. The molecule has 1 saturated heterocycles. The summed E-state index contributed by atoms with van der Waals surface area (Å²) >= 11 is 3.51. The summed E-state index contributed by atoms with van der Waals surface area (Å²) in [6.45, 7) is 8.38. The van der Waals surface area contributed by atoms with Gasteiger partial charge in [-0.1, -0.05) is 71.4 Å². The molecule has 1 aliphatic heterocycles. The number of allylic oxidation sites excluding steroid dienone is 3. The van der Waals surface area contributed by atoms with Crippen LogP contribution >= 0.6 is 15.9 Å². The van der Waals surface area contributed by atoms with Gasteiger partial charge < -0.3 is 14.7 Å². The van der Waals surface area contributed by atoms with Gasteiger partial charge in [0, 0.05) is 35.3 Å². The molecule has 152 valence electrons. The average Bonchev–Trinajstić information content (AvgIpc) is 2.63. The van der Waals surface area contributed by atoms with Crippen LogP contribution in [-0.2, 0) is 10.3 Å². The number of benzene rings is 1. The number of carbonyl (C=O) groups is 1. The van der Waals surface area contributed by atoms with Gasteiger partial charge in [0.25, 0.3) is 0 Å². The Morgan fingerprint density at radius 2 is 2.00 bits per heavy atom. The second-order valence-electron chi connectivity index (χ2n) is 8.97. The van der Waals surface area contributed by atoms with E-state index in [2.05, 4.69) is 48.0 Å². The van der Waals surface area contributed by atoms with Crippen LogP contribution in [0.1, 0.15) is 52.5 Å². The molecule has 0 bridgehead atoms. The summed E-state index contributed by atoms with van der Waals surface area (Å²) in [7, 11) is 0. The number of ether oxygens (including phenoxy) is 1. The first-order chi connectivity index (χ1) is 13.0. The van der Waals surface area contributed by atoms with Crippen molar-refractivity contribution in [2.24, 2.45) is 5.41 Å². The molecule has 5 heteroatoms. The van der Waals surface area contributed by atoms with Gasteiger partial charge in [-0.15, -0.1) is 0 Å². The standard InChI is InChI=1S/C23H30BrNO3/c1-17(22(4)12-10-19(24)11-13-22)25-15-14-23(28-20(25)26,16-21(2,3)27)18-8-6-5-7-9-18/h5-12,17,27H,13-16H2,1-4H3/t17-,22?,23-/m0/s1. The molecule has 1 aromatic rings. The molecule has 0 radical (unpaired) electrons. The first kappa shape index (κ1) is 21.1. The Bertz CT molecular complexity index is 783. The molecule has 2 aliphatic rings. The van der Waals surface area contributed by atoms with Gasteiger partial charge in [0.2, 0.25) is 0 Å². The molecule has 4 nitrogen and oxygen atoms in total. The van der Waals surface area contributed by atoms with E-state index in [1.807, 2.05) is 35.2 Å². The molecule has 1 amide bonds. The molecular weight excluding hydrogens is 418 g/mol. The van der Waals surface area contributed by atoms with Crippen molar-refractivity contribution in [3.63, 3.8) is 0 Å². The summed E-state index contributed by atoms with van der Waals surface area (Å²) in [5.41, 5.74) is -0.953. The fourth-order valence-electron chi connectivity index (χ4n) is 4.28. The first-order valence-corrected chi connectivity index (χ1v) is 10.7. The number of amides is 1. The van der Waals surface area contributed by atoms with E-state index in [9.17, 15) is 9.90 Å². The minimum Gasteiger partial charge on any atom is -0.438 e. The Hall–Kier alpha value is -1.59. The number of rotatable bonds is 5. The predicted molar refractivity (Wildman–Crippen MR) is 115 cm³/mol. The third kappa shape index (κ3) is 4.36. The summed E-state index contributed by atoms with van der Waals surface area (Å²) in [6, 6.07) is 9.80. The van der Waals surface area contributed by atoms with Crippen LogP contribution in [0.3, 0.4) is 0 Å². The van der Waals surface area contributed by atoms with Crippen LogP contribution in [0.25, 0.3) is 0 Å². The van der Waals surface area contributed by atoms with E-state index in [1.54, 1.807) is 13.8 Å². The summed E-state index contributed by atoms with van der Waals surface area (Å²) in [4.78, 5) is 15.0. The van der Waals surface area contributed by atoms with E-state index in [1.165, 1.54) is 0 Å². The fourth-order valence-corrected chi connectivity index (χ4v) is 4.57. The minimum absolute atomic E-state index is 0.00371. The topological polar surface area (TPSA) is 49.8 Å². The Morgan fingerprint density at radius 3 is 2.54 bits per heavy atom. The lowest BCUT2D eigenvalue weighted by atomic mass is 9.76. The summed E-state index contributed by atoms with van der Waals surface area (Å²) in [5, 5.41) is 10.5. The van der Waals surface area contributed by atoms with Crippen molar-refractivity contribution < 1.29 is 14.6 Å². The zero-order chi connectivity index (χ0) is 20.6. The lowest BCUT2D eigenvalue weighted by Gasteiger charge is -2.48. The lowest BCUT2D eigenvalue weighted by molar-refractivity contribution is -0.105. The van der Waals surface area contributed by atoms with Crippen LogP contribution < -0.4 is 0 Å². The minimum atomic E-state index is -0.945. The molecule has 0 aromatic heterocycles. The second kappa shape index (κ2) is 7.68. The molecule has 0 spiro atoms. The Kier molecular flexibility index (Phi) is 5.79. The van der Waals surface area contributed by atoms with E-state index in [-0.39, 0.29) is 17.6 Å². The monoisotopic (exact) mass is 447 g/mol. The van der Waals surface area contributed by atoms with E-state index in [0.29, 0.717) is 19.4 Å². The number of nitrogens with zero attached hydrogens (tertiary/aromatic N) is 1. The van der Waals surface area contributed by atoms with Gasteiger partial charge in [-0.2, -0.15) is 0 Å². The van der Waals surface area contributed by atoms with Crippen LogP contribution in [0.2, 0.25) is 0 Å². The molecule has 1 N–H and O–H groups in total. The van der Waals surface area contributed by atoms with Gasteiger partial charge in [-0.3, -0.25) is 0 Å². The van der Waals surface area contributed by atoms with Crippen molar-refractivity contribution in [3.05, 3.63) is 58.6 Å². The quantitative estimate of drug-likeness (QED) is 0.646. The Balaban J connectivity index is 1.84. The molecular formula is C23H30BrNO3. The highest BCUT2D eigenvalue weighted by atomic mass is 79.9. The smallest absolute Gasteiger partial charge is 0.410 e. The second-order valence-corrected chi connectivity index (χ2v) is 9.88. The molecule has 1 fully saturated rings.